The van der Waals surface area contributed by atoms with Crippen LogP contribution in [0.1, 0.15) is 18.2 Å². The van der Waals surface area contributed by atoms with Gasteiger partial charge in [-0.25, -0.2) is 0 Å². The number of rotatable bonds is 3. The highest BCUT2D eigenvalue weighted by Crippen LogP contribution is 2.22. The maximum absolute atomic E-state index is 5.48. The van der Waals surface area contributed by atoms with Gasteiger partial charge in [-0.15, -0.1) is 10.2 Å². The number of ether oxygens (including phenoxy) is 1. The van der Waals surface area contributed by atoms with Crippen LogP contribution in [0.2, 0.25) is 0 Å². The Balaban J connectivity index is 2.13. The molecule has 0 spiro atoms. The zero-order valence-corrected chi connectivity index (χ0v) is 7.52. The second-order valence-electron chi connectivity index (χ2n) is 3.23. The molecule has 1 aromatic heterocycles. The van der Waals surface area contributed by atoms with Gasteiger partial charge in [0.2, 0.25) is 0 Å². The number of hydrogen-bond donors (Lipinski definition) is 1. The zero-order chi connectivity index (χ0) is 9.10. The first kappa shape index (κ1) is 8.65. The molecule has 5 nitrogen and oxygen atoms in total. The van der Waals surface area contributed by atoms with Crippen molar-refractivity contribution < 1.29 is 4.74 Å². The number of hydrogen-bond acceptors (Lipinski definition) is 4. The minimum Gasteiger partial charge on any atom is -0.381 e. The van der Waals surface area contributed by atoms with E-state index < -0.39 is 0 Å². The fourth-order valence-electron chi connectivity index (χ4n) is 1.63. The fraction of sp³-hybridized carbons (Fsp3) is 0.750. The summed E-state index contributed by atoms with van der Waals surface area (Å²) in [6, 6.07) is 0. The summed E-state index contributed by atoms with van der Waals surface area (Å²) in [6.07, 6.45) is 2.78. The van der Waals surface area contributed by atoms with E-state index in [1.807, 2.05) is 4.57 Å². The van der Waals surface area contributed by atoms with Crippen LogP contribution in [-0.2, 0) is 11.3 Å². The average Bonchev–Trinajstić information content (AvgIpc) is 2.71. The Kier molecular flexibility index (Phi) is 2.56. The van der Waals surface area contributed by atoms with Gasteiger partial charge < -0.3 is 15.0 Å². The van der Waals surface area contributed by atoms with Crippen LogP contribution in [0, 0.1) is 0 Å². The predicted molar refractivity (Wildman–Crippen MR) is 47.3 cm³/mol. The van der Waals surface area contributed by atoms with E-state index in [-0.39, 0.29) is 0 Å². The molecule has 0 saturated carbocycles. The smallest absolute Gasteiger partial charge is 0.138 e. The van der Waals surface area contributed by atoms with E-state index in [1.165, 1.54) is 0 Å². The molecule has 72 valence electrons. The van der Waals surface area contributed by atoms with Crippen LogP contribution in [0.25, 0.3) is 0 Å². The Hall–Kier alpha value is -0.940. The summed E-state index contributed by atoms with van der Waals surface area (Å²) in [6.45, 7) is 3.01. The van der Waals surface area contributed by atoms with Crippen molar-refractivity contribution >= 4 is 0 Å². The van der Waals surface area contributed by atoms with Gasteiger partial charge in [0.25, 0.3) is 0 Å². The molecule has 13 heavy (non-hydrogen) atoms. The average molecular weight is 182 g/mol. The SMILES string of the molecule is NCCn1cnnc1C1CCOC1. The lowest BCUT2D eigenvalue weighted by molar-refractivity contribution is 0.192. The van der Waals surface area contributed by atoms with Gasteiger partial charge in [0.1, 0.15) is 12.2 Å². The summed E-state index contributed by atoms with van der Waals surface area (Å²) >= 11 is 0. The number of aromatic nitrogens is 3. The van der Waals surface area contributed by atoms with E-state index in [4.69, 9.17) is 10.5 Å². The van der Waals surface area contributed by atoms with Crippen LogP contribution in [0.5, 0.6) is 0 Å². The van der Waals surface area contributed by atoms with Gasteiger partial charge in [0, 0.05) is 25.6 Å². The molecule has 2 N–H and O–H groups in total. The summed E-state index contributed by atoms with van der Waals surface area (Å²) < 4.78 is 7.31. The molecule has 1 aliphatic rings. The van der Waals surface area contributed by atoms with Crippen molar-refractivity contribution in [2.75, 3.05) is 19.8 Å². The van der Waals surface area contributed by atoms with Crippen molar-refractivity contribution in [2.24, 2.45) is 5.73 Å². The third kappa shape index (κ3) is 1.71. The third-order valence-electron chi connectivity index (χ3n) is 2.31. The lowest BCUT2D eigenvalue weighted by atomic mass is 10.1. The van der Waals surface area contributed by atoms with Gasteiger partial charge in [0.15, 0.2) is 0 Å². The Morgan fingerprint density at radius 1 is 1.69 bits per heavy atom. The summed E-state index contributed by atoms with van der Waals surface area (Å²) in [7, 11) is 0. The molecule has 5 heteroatoms. The van der Waals surface area contributed by atoms with Crippen LogP contribution < -0.4 is 5.73 Å². The van der Waals surface area contributed by atoms with E-state index >= 15 is 0 Å². The quantitative estimate of drug-likeness (QED) is 0.699. The van der Waals surface area contributed by atoms with Gasteiger partial charge in [-0.1, -0.05) is 0 Å². The Morgan fingerprint density at radius 2 is 2.62 bits per heavy atom. The highest BCUT2D eigenvalue weighted by atomic mass is 16.5. The van der Waals surface area contributed by atoms with Crippen molar-refractivity contribution in [2.45, 2.75) is 18.9 Å². The zero-order valence-electron chi connectivity index (χ0n) is 7.52. The lowest BCUT2D eigenvalue weighted by Crippen LogP contribution is -2.14. The van der Waals surface area contributed by atoms with E-state index in [0.29, 0.717) is 12.5 Å². The fourth-order valence-corrected chi connectivity index (χ4v) is 1.63. The first-order valence-electron chi connectivity index (χ1n) is 4.57. The Bertz CT molecular complexity index is 267. The van der Waals surface area contributed by atoms with E-state index in [2.05, 4.69) is 10.2 Å². The maximum atomic E-state index is 5.48. The molecule has 1 atom stereocenters. The molecule has 2 heterocycles. The van der Waals surface area contributed by atoms with E-state index in [9.17, 15) is 0 Å². The number of nitrogens with two attached hydrogens (primary N) is 1. The van der Waals surface area contributed by atoms with Crippen molar-refractivity contribution in [1.82, 2.24) is 14.8 Å². The minimum absolute atomic E-state index is 0.411. The van der Waals surface area contributed by atoms with Crippen LogP contribution in [-0.4, -0.2) is 34.5 Å². The topological polar surface area (TPSA) is 66.0 Å². The van der Waals surface area contributed by atoms with Crippen LogP contribution in [0.4, 0.5) is 0 Å². The maximum Gasteiger partial charge on any atom is 0.138 e. The van der Waals surface area contributed by atoms with Crippen LogP contribution in [0.3, 0.4) is 0 Å². The van der Waals surface area contributed by atoms with Crippen molar-refractivity contribution in [3.63, 3.8) is 0 Å². The molecular weight excluding hydrogens is 168 g/mol. The van der Waals surface area contributed by atoms with Gasteiger partial charge in [-0.2, -0.15) is 0 Å². The molecule has 0 aromatic carbocycles. The molecule has 1 aromatic rings. The van der Waals surface area contributed by atoms with Crippen molar-refractivity contribution in [3.05, 3.63) is 12.2 Å². The van der Waals surface area contributed by atoms with E-state index in [0.717, 1.165) is 32.0 Å². The summed E-state index contributed by atoms with van der Waals surface area (Å²) in [5.74, 6) is 1.43. The first-order chi connectivity index (χ1) is 6.42. The Morgan fingerprint density at radius 3 is 3.31 bits per heavy atom. The van der Waals surface area contributed by atoms with Crippen LogP contribution in [0.15, 0.2) is 6.33 Å². The number of nitrogens with zero attached hydrogens (tertiary/aromatic N) is 3. The summed E-state index contributed by atoms with van der Waals surface area (Å²) in [4.78, 5) is 0. The highest BCUT2D eigenvalue weighted by molar-refractivity contribution is 4.98. The molecule has 0 radical (unpaired) electrons. The monoisotopic (exact) mass is 182 g/mol. The van der Waals surface area contributed by atoms with Crippen molar-refractivity contribution in [1.29, 1.82) is 0 Å². The molecule has 1 aliphatic heterocycles. The molecular formula is C8H14N4O. The molecule has 0 aliphatic carbocycles. The summed E-state index contributed by atoms with van der Waals surface area (Å²) in [5.41, 5.74) is 5.48. The highest BCUT2D eigenvalue weighted by Gasteiger charge is 2.22. The van der Waals surface area contributed by atoms with Gasteiger partial charge >= 0.3 is 0 Å². The second kappa shape index (κ2) is 3.85. The molecule has 1 fully saturated rings. The normalized spacial score (nSPS) is 22.4. The largest absolute Gasteiger partial charge is 0.381 e. The standard InChI is InChI=1S/C8H14N4O/c9-2-3-12-6-10-11-8(12)7-1-4-13-5-7/h6-7H,1-5,9H2. The van der Waals surface area contributed by atoms with Crippen LogP contribution >= 0.6 is 0 Å². The van der Waals surface area contributed by atoms with Gasteiger partial charge in [-0.05, 0) is 6.42 Å². The second-order valence-corrected chi connectivity index (χ2v) is 3.23. The molecule has 1 saturated heterocycles. The third-order valence-corrected chi connectivity index (χ3v) is 2.31. The molecule has 1 unspecified atom stereocenters. The molecule has 0 bridgehead atoms. The van der Waals surface area contributed by atoms with Gasteiger partial charge in [-0.3, -0.25) is 0 Å². The molecule has 0 amide bonds. The molecule has 2 rings (SSSR count). The lowest BCUT2D eigenvalue weighted by Gasteiger charge is -2.08. The van der Waals surface area contributed by atoms with E-state index in [1.54, 1.807) is 6.33 Å². The summed E-state index contributed by atoms with van der Waals surface area (Å²) in [5, 5.41) is 7.98. The Labute approximate surface area is 76.9 Å². The minimum atomic E-state index is 0.411. The predicted octanol–water partition coefficient (Wildman–Crippen LogP) is -0.259. The first-order valence-corrected chi connectivity index (χ1v) is 4.57. The van der Waals surface area contributed by atoms with Gasteiger partial charge in [0.05, 0.1) is 6.61 Å². The van der Waals surface area contributed by atoms with Crippen molar-refractivity contribution in [3.8, 4) is 0 Å².